The molecule has 10 heteroatoms. The van der Waals surface area contributed by atoms with Gasteiger partial charge in [-0.2, -0.15) is 0 Å². The van der Waals surface area contributed by atoms with Gasteiger partial charge in [-0.25, -0.2) is 10.2 Å². The summed E-state index contributed by atoms with van der Waals surface area (Å²) in [6, 6.07) is 0. The highest BCUT2D eigenvalue weighted by Gasteiger charge is 2.42. The normalized spacial score (nSPS) is 9.40. The molecule has 0 spiro atoms. The van der Waals surface area contributed by atoms with Crippen LogP contribution in [0.4, 0.5) is 0 Å². The third kappa shape index (κ3) is 2.73. The highest BCUT2D eigenvalue weighted by Crippen LogP contribution is 1.91. The van der Waals surface area contributed by atoms with Gasteiger partial charge in [-0.15, -0.1) is 0 Å². The predicted octanol–water partition coefficient (Wildman–Crippen LogP) is -3.34. The molecule has 0 rings (SSSR count). The minimum absolute atomic E-state index is 0.137. The molecule has 0 aromatic rings. The summed E-state index contributed by atoms with van der Waals surface area (Å²) < 4.78 is 0. The Kier molecular flexibility index (Phi) is 3.89. The quantitative estimate of drug-likeness (QED) is 0.0865. The van der Waals surface area contributed by atoms with E-state index in [2.05, 4.69) is 0 Å². The Balaban J connectivity index is 5.28. The van der Waals surface area contributed by atoms with Crippen molar-refractivity contribution in [3.8, 4) is 0 Å². The molecule has 0 unspecified atom stereocenters. The molecule has 15 heavy (non-hydrogen) atoms. The van der Waals surface area contributed by atoms with Gasteiger partial charge in [0.2, 0.25) is 0 Å². The molecule has 0 atom stereocenters. The van der Waals surface area contributed by atoms with Gasteiger partial charge in [-0.05, 0) is 0 Å². The summed E-state index contributed by atoms with van der Waals surface area (Å²) in [6.07, 6.45) is 0.907. The lowest BCUT2D eigenvalue weighted by atomic mass is 10.6. The highest BCUT2D eigenvalue weighted by molar-refractivity contribution is 6.30. The second kappa shape index (κ2) is 4.66. The number of rotatable bonds is 1. The van der Waals surface area contributed by atoms with Crippen molar-refractivity contribution in [1.82, 2.24) is 10.0 Å². The predicted molar refractivity (Wildman–Crippen MR) is 50.4 cm³/mol. The third-order valence-electron chi connectivity index (χ3n) is 1.16. The lowest BCUT2D eigenvalue weighted by molar-refractivity contribution is -0.120. The number of nitrogens with zero attached hydrogens (tertiary/aromatic N) is 2. The van der Waals surface area contributed by atoms with Crippen molar-refractivity contribution in [3.05, 3.63) is 0 Å². The number of amides is 1. The van der Waals surface area contributed by atoms with E-state index in [-0.39, 0.29) is 10.0 Å². The van der Waals surface area contributed by atoms with Crippen LogP contribution in [0.15, 0.2) is 0 Å². The number of nitrogens with two attached hydrogens (primary N) is 3. The van der Waals surface area contributed by atoms with Crippen LogP contribution in [-0.2, 0) is 9.59 Å². The van der Waals surface area contributed by atoms with Crippen LogP contribution in [0, 0.1) is 16.2 Å². The van der Waals surface area contributed by atoms with E-state index >= 15 is 0 Å². The van der Waals surface area contributed by atoms with Gasteiger partial charge in [0.15, 0.2) is 0 Å². The summed E-state index contributed by atoms with van der Waals surface area (Å²) in [5, 5.41) is 21.3. The van der Waals surface area contributed by atoms with Gasteiger partial charge < -0.3 is 17.2 Å². The molecule has 0 heterocycles. The summed E-state index contributed by atoms with van der Waals surface area (Å²) in [4.78, 5) is 21.0. The zero-order valence-electron chi connectivity index (χ0n) is 7.44. The molecule has 0 saturated heterocycles. The van der Waals surface area contributed by atoms with E-state index in [4.69, 9.17) is 33.4 Å². The number of nitrogens with one attached hydrogen (secondary N) is 3. The first-order valence-corrected chi connectivity index (χ1v) is 3.37. The van der Waals surface area contributed by atoms with Gasteiger partial charge in [0.05, 0.1) is 0 Å². The maximum Gasteiger partial charge on any atom is 0.475 e. The SMILES string of the molecule is N=C(N)N(C(=N)N)[N+](C(=N)N)C(=O)[C]=O. The molecule has 0 aliphatic rings. The number of hydrazine groups is 1. The third-order valence-corrected chi connectivity index (χ3v) is 1.16. The topological polar surface area (TPSA) is 193 Å². The number of hydrogen-bond donors (Lipinski definition) is 6. The minimum Gasteiger partial charge on any atom is -0.365 e. The molecule has 0 fully saturated rings. The number of carbonyl (C=O) groups excluding carboxylic acids is 2. The van der Waals surface area contributed by atoms with Gasteiger partial charge in [0, 0.05) is 0 Å². The molecule has 10 nitrogen and oxygen atoms in total. The van der Waals surface area contributed by atoms with E-state index < -0.39 is 23.8 Å². The molecule has 80 valence electrons. The lowest BCUT2D eigenvalue weighted by Gasteiger charge is -2.16. The van der Waals surface area contributed by atoms with Crippen molar-refractivity contribution < 1.29 is 9.59 Å². The standard InChI is InChI=1S/C5H9N8O2/c6-3(7)12(2(15)1-14)13(4(8)9)5(10)11/h(H3,6,7)(H3,8,9)(H3,10,11)/q+1. The van der Waals surface area contributed by atoms with Crippen molar-refractivity contribution in [3.63, 3.8) is 0 Å². The summed E-state index contributed by atoms with van der Waals surface area (Å²) in [6.45, 7) is 0. The Morgan fingerprint density at radius 1 is 1.13 bits per heavy atom. The molecule has 0 aromatic heterocycles. The van der Waals surface area contributed by atoms with Gasteiger partial charge in [-0.1, -0.05) is 5.01 Å². The molecule has 1 amide bonds. The average molecular weight is 213 g/mol. The van der Waals surface area contributed by atoms with Crippen LogP contribution in [0.2, 0.25) is 0 Å². The summed E-state index contributed by atoms with van der Waals surface area (Å²) in [5.74, 6) is -4.01. The molecule has 9 N–H and O–H groups in total. The molecule has 0 bridgehead atoms. The van der Waals surface area contributed by atoms with E-state index in [1.54, 1.807) is 0 Å². The summed E-state index contributed by atoms with van der Waals surface area (Å²) in [5.41, 5.74) is 14.9. The van der Waals surface area contributed by atoms with Gasteiger partial charge in [-0.3, -0.25) is 15.6 Å². The highest BCUT2D eigenvalue weighted by atomic mass is 16.2. The van der Waals surface area contributed by atoms with Crippen LogP contribution in [-0.4, -0.2) is 35.1 Å². The number of carbonyl (C=O) groups is 1. The van der Waals surface area contributed by atoms with Gasteiger partial charge >= 0.3 is 18.2 Å². The minimum atomic E-state index is -1.40. The van der Waals surface area contributed by atoms with Crippen molar-refractivity contribution in [2.45, 2.75) is 0 Å². The first-order valence-electron chi connectivity index (χ1n) is 3.37. The van der Waals surface area contributed by atoms with Crippen molar-refractivity contribution in [1.29, 1.82) is 16.2 Å². The van der Waals surface area contributed by atoms with Crippen LogP contribution in [0.5, 0.6) is 0 Å². The van der Waals surface area contributed by atoms with Crippen LogP contribution >= 0.6 is 0 Å². The maximum absolute atomic E-state index is 10.9. The fourth-order valence-electron chi connectivity index (χ4n) is 0.696. The van der Waals surface area contributed by atoms with Crippen LogP contribution in [0.1, 0.15) is 0 Å². The lowest BCUT2D eigenvalue weighted by Crippen LogP contribution is -2.65. The molecule has 0 saturated carbocycles. The largest absolute Gasteiger partial charge is 0.475 e. The molecule has 0 aromatic carbocycles. The summed E-state index contributed by atoms with van der Waals surface area (Å²) in [7, 11) is 0. The molecular weight excluding hydrogens is 204 g/mol. The molecule has 0 aliphatic heterocycles. The van der Waals surface area contributed by atoms with Crippen LogP contribution < -0.4 is 22.2 Å². The van der Waals surface area contributed by atoms with Gasteiger partial charge in [0.25, 0.3) is 11.9 Å². The summed E-state index contributed by atoms with van der Waals surface area (Å²) >= 11 is 0. The monoisotopic (exact) mass is 213 g/mol. The van der Waals surface area contributed by atoms with Crippen LogP contribution in [0.3, 0.4) is 0 Å². The van der Waals surface area contributed by atoms with E-state index in [0.29, 0.717) is 0 Å². The first kappa shape index (κ1) is 12.5. The van der Waals surface area contributed by atoms with Crippen LogP contribution in [0.25, 0.3) is 0 Å². The number of guanidine groups is 3. The Labute approximate surface area is 84.1 Å². The smallest absolute Gasteiger partial charge is 0.365 e. The zero-order valence-corrected chi connectivity index (χ0v) is 7.44. The second-order valence-electron chi connectivity index (χ2n) is 2.19. The van der Waals surface area contributed by atoms with Crippen molar-refractivity contribution in [2.24, 2.45) is 17.2 Å². The fraction of sp³-hybridized carbons (Fsp3) is 0. The van der Waals surface area contributed by atoms with Crippen molar-refractivity contribution >= 4 is 30.1 Å². The first-order chi connectivity index (χ1) is 6.82. The van der Waals surface area contributed by atoms with Crippen molar-refractivity contribution in [2.75, 3.05) is 0 Å². The van der Waals surface area contributed by atoms with E-state index in [1.807, 2.05) is 0 Å². The van der Waals surface area contributed by atoms with E-state index in [0.717, 1.165) is 6.29 Å². The number of hydrogen-bond acceptors (Lipinski definition) is 5. The molecule has 0 aliphatic carbocycles. The van der Waals surface area contributed by atoms with Gasteiger partial charge in [0.1, 0.15) is 5.01 Å². The van der Waals surface area contributed by atoms with E-state index in [9.17, 15) is 9.59 Å². The fourth-order valence-corrected chi connectivity index (χ4v) is 0.696. The maximum atomic E-state index is 10.9. The Bertz CT molecular complexity index is 322. The Hall–Kier alpha value is -2.49. The zero-order chi connectivity index (χ0) is 12.2. The molecular formula is C5H9N8O2+. The Morgan fingerprint density at radius 3 is 1.73 bits per heavy atom. The van der Waals surface area contributed by atoms with E-state index in [1.165, 1.54) is 0 Å². The average Bonchev–Trinajstić information content (AvgIpc) is 2.10. The molecule has 2 radical (unpaired) electrons. The second-order valence-corrected chi connectivity index (χ2v) is 2.19. The Morgan fingerprint density at radius 2 is 1.53 bits per heavy atom.